The van der Waals surface area contributed by atoms with Crippen molar-refractivity contribution < 1.29 is 18.3 Å². The number of amides is 1. The fraction of sp³-hybridized carbons (Fsp3) is 0.222. The van der Waals surface area contributed by atoms with E-state index >= 15 is 0 Å². The van der Waals surface area contributed by atoms with E-state index in [0.29, 0.717) is 28.8 Å². The maximum atomic E-state index is 13.7. The Morgan fingerprint density at radius 1 is 1.23 bits per heavy atom. The van der Waals surface area contributed by atoms with Crippen molar-refractivity contribution in [1.29, 1.82) is 5.26 Å². The van der Waals surface area contributed by atoms with Crippen molar-refractivity contribution in [2.45, 2.75) is 6.42 Å². The van der Waals surface area contributed by atoms with Crippen molar-refractivity contribution in [3.8, 4) is 11.8 Å². The zero-order valence-electron chi connectivity index (χ0n) is 13.9. The Labute approximate surface area is 158 Å². The van der Waals surface area contributed by atoms with Crippen LogP contribution in [0, 0.1) is 23.0 Å². The molecule has 0 aliphatic rings. The minimum atomic E-state index is -0.828. The SMILES string of the molecule is COc1ccc(Br)c(C(=O)NCCCNc2c(F)cc(C#N)cc2F)c1. The lowest BCUT2D eigenvalue weighted by Gasteiger charge is -2.11. The molecule has 0 heterocycles. The number of anilines is 1. The van der Waals surface area contributed by atoms with Crippen LogP contribution in [0.2, 0.25) is 0 Å². The lowest BCUT2D eigenvalue weighted by Crippen LogP contribution is -2.26. The predicted octanol–water partition coefficient (Wildman–Crippen LogP) is 3.84. The van der Waals surface area contributed by atoms with Gasteiger partial charge in [-0.2, -0.15) is 5.26 Å². The van der Waals surface area contributed by atoms with Crippen LogP contribution < -0.4 is 15.4 Å². The van der Waals surface area contributed by atoms with E-state index in [1.807, 2.05) is 0 Å². The first kappa shape index (κ1) is 19.7. The number of nitrogens with zero attached hydrogens (tertiary/aromatic N) is 1. The van der Waals surface area contributed by atoms with Crippen LogP contribution >= 0.6 is 15.9 Å². The van der Waals surface area contributed by atoms with Crippen LogP contribution in [-0.2, 0) is 0 Å². The number of rotatable bonds is 7. The number of ether oxygens (including phenoxy) is 1. The molecule has 26 heavy (non-hydrogen) atoms. The number of nitriles is 1. The highest BCUT2D eigenvalue weighted by Crippen LogP contribution is 2.22. The van der Waals surface area contributed by atoms with Crippen LogP contribution in [-0.4, -0.2) is 26.1 Å². The number of carbonyl (C=O) groups excluding carboxylic acids is 1. The number of benzene rings is 2. The number of hydrogen-bond donors (Lipinski definition) is 2. The molecule has 0 unspecified atom stereocenters. The molecule has 8 heteroatoms. The summed E-state index contributed by atoms with van der Waals surface area (Å²) in [6.07, 6.45) is 0.451. The van der Waals surface area contributed by atoms with Gasteiger partial charge in [0.25, 0.3) is 5.91 Å². The van der Waals surface area contributed by atoms with Gasteiger partial charge in [0.2, 0.25) is 0 Å². The van der Waals surface area contributed by atoms with Crippen molar-refractivity contribution >= 4 is 27.5 Å². The van der Waals surface area contributed by atoms with Crippen LogP contribution in [0.15, 0.2) is 34.8 Å². The zero-order valence-corrected chi connectivity index (χ0v) is 15.5. The van der Waals surface area contributed by atoms with Gasteiger partial charge in [0.15, 0.2) is 11.6 Å². The smallest absolute Gasteiger partial charge is 0.252 e. The van der Waals surface area contributed by atoms with Gasteiger partial charge in [-0.25, -0.2) is 8.78 Å². The van der Waals surface area contributed by atoms with Gasteiger partial charge in [0.05, 0.1) is 24.3 Å². The van der Waals surface area contributed by atoms with Gasteiger partial charge in [0.1, 0.15) is 11.4 Å². The van der Waals surface area contributed by atoms with Crippen molar-refractivity contribution in [2.75, 3.05) is 25.5 Å². The molecule has 0 bridgehead atoms. The number of methoxy groups -OCH3 is 1. The summed E-state index contributed by atoms with van der Waals surface area (Å²) in [4.78, 5) is 12.2. The third-order valence-electron chi connectivity index (χ3n) is 3.53. The maximum absolute atomic E-state index is 13.7. The Morgan fingerprint density at radius 3 is 2.54 bits per heavy atom. The minimum Gasteiger partial charge on any atom is -0.497 e. The molecule has 1 amide bonds. The molecule has 0 radical (unpaired) electrons. The Kier molecular flexibility index (Phi) is 6.92. The first-order chi connectivity index (χ1) is 12.5. The second-order valence-electron chi connectivity index (χ2n) is 5.31. The van der Waals surface area contributed by atoms with Gasteiger partial charge in [0, 0.05) is 17.6 Å². The largest absolute Gasteiger partial charge is 0.497 e. The van der Waals surface area contributed by atoms with E-state index < -0.39 is 11.6 Å². The summed E-state index contributed by atoms with van der Waals surface area (Å²) >= 11 is 3.31. The van der Waals surface area contributed by atoms with Crippen molar-refractivity contribution in [3.63, 3.8) is 0 Å². The van der Waals surface area contributed by atoms with Crippen LogP contribution in [0.3, 0.4) is 0 Å². The summed E-state index contributed by atoms with van der Waals surface area (Å²) < 4.78 is 33.2. The molecule has 0 aliphatic heterocycles. The van der Waals surface area contributed by atoms with E-state index in [0.717, 1.165) is 12.1 Å². The minimum absolute atomic E-state index is 0.0818. The lowest BCUT2D eigenvalue weighted by molar-refractivity contribution is 0.0952. The molecule has 0 fully saturated rings. The summed E-state index contributed by atoms with van der Waals surface area (Å²) in [5.41, 5.74) is 0.0639. The van der Waals surface area contributed by atoms with E-state index in [1.165, 1.54) is 7.11 Å². The molecule has 0 saturated heterocycles. The fourth-order valence-corrected chi connectivity index (χ4v) is 2.64. The molecule has 0 atom stereocenters. The van der Waals surface area contributed by atoms with E-state index in [2.05, 4.69) is 26.6 Å². The molecule has 2 rings (SSSR count). The van der Waals surface area contributed by atoms with Gasteiger partial charge in [-0.3, -0.25) is 4.79 Å². The van der Waals surface area contributed by atoms with Gasteiger partial charge in [-0.05, 0) is 52.7 Å². The summed E-state index contributed by atoms with van der Waals surface area (Å²) in [5, 5.41) is 14.0. The van der Waals surface area contributed by atoms with Crippen LogP contribution in [0.4, 0.5) is 14.5 Å². The molecule has 2 N–H and O–H groups in total. The second kappa shape index (κ2) is 9.15. The molecule has 0 aromatic heterocycles. The first-order valence-electron chi connectivity index (χ1n) is 7.71. The monoisotopic (exact) mass is 423 g/mol. The standard InChI is InChI=1S/C18H16BrF2N3O2/c1-26-12-3-4-14(19)13(9-12)18(25)24-6-2-5-23-17-15(20)7-11(10-22)8-16(17)21/h3-4,7-9,23H,2,5-6H2,1H3,(H,24,25). The first-order valence-corrected chi connectivity index (χ1v) is 8.50. The predicted molar refractivity (Wildman–Crippen MR) is 97.2 cm³/mol. The number of nitrogens with one attached hydrogen (secondary N) is 2. The molecule has 0 spiro atoms. The highest BCUT2D eigenvalue weighted by atomic mass is 79.9. The summed E-state index contributed by atoms with van der Waals surface area (Å²) in [6.45, 7) is 0.564. The van der Waals surface area contributed by atoms with Gasteiger partial charge in [-0.15, -0.1) is 0 Å². The van der Waals surface area contributed by atoms with Crippen molar-refractivity contribution in [2.24, 2.45) is 0 Å². The van der Waals surface area contributed by atoms with E-state index in [1.54, 1.807) is 24.3 Å². The fourth-order valence-electron chi connectivity index (χ4n) is 2.21. The van der Waals surface area contributed by atoms with E-state index in [-0.39, 0.29) is 23.7 Å². The van der Waals surface area contributed by atoms with Crippen molar-refractivity contribution in [3.05, 3.63) is 57.6 Å². The maximum Gasteiger partial charge on any atom is 0.252 e. The topological polar surface area (TPSA) is 74.2 Å². The Balaban J connectivity index is 1.85. The Morgan fingerprint density at radius 2 is 1.92 bits per heavy atom. The van der Waals surface area contributed by atoms with Crippen LogP contribution in [0.5, 0.6) is 5.75 Å². The second-order valence-corrected chi connectivity index (χ2v) is 6.16. The molecule has 0 saturated carbocycles. The van der Waals surface area contributed by atoms with Crippen LogP contribution in [0.25, 0.3) is 0 Å². The number of halogens is 3. The Hall–Kier alpha value is -2.66. The number of carbonyl (C=O) groups is 1. The third kappa shape index (κ3) is 4.92. The van der Waals surface area contributed by atoms with Crippen LogP contribution in [0.1, 0.15) is 22.3 Å². The van der Waals surface area contributed by atoms with Crippen molar-refractivity contribution in [1.82, 2.24) is 5.32 Å². The van der Waals surface area contributed by atoms with E-state index in [9.17, 15) is 13.6 Å². The zero-order chi connectivity index (χ0) is 19.1. The third-order valence-corrected chi connectivity index (χ3v) is 4.22. The lowest BCUT2D eigenvalue weighted by atomic mass is 10.2. The summed E-state index contributed by atoms with van der Waals surface area (Å²) in [5.74, 6) is -1.38. The molecule has 2 aromatic rings. The highest BCUT2D eigenvalue weighted by Gasteiger charge is 2.12. The molecule has 136 valence electrons. The average molecular weight is 424 g/mol. The summed E-state index contributed by atoms with van der Waals surface area (Å²) in [6, 6.07) is 8.67. The molecule has 0 aliphatic carbocycles. The normalized spacial score (nSPS) is 10.1. The number of hydrogen-bond acceptors (Lipinski definition) is 4. The van der Waals surface area contributed by atoms with Gasteiger partial charge >= 0.3 is 0 Å². The molecular weight excluding hydrogens is 408 g/mol. The van der Waals surface area contributed by atoms with Gasteiger partial charge < -0.3 is 15.4 Å². The molecule has 2 aromatic carbocycles. The van der Waals surface area contributed by atoms with Gasteiger partial charge in [-0.1, -0.05) is 0 Å². The quantitative estimate of drug-likeness (QED) is 0.663. The average Bonchev–Trinajstić information content (AvgIpc) is 2.63. The summed E-state index contributed by atoms with van der Waals surface area (Å²) in [7, 11) is 1.51. The highest BCUT2D eigenvalue weighted by molar-refractivity contribution is 9.10. The molecule has 5 nitrogen and oxygen atoms in total. The Bertz CT molecular complexity index is 830. The van der Waals surface area contributed by atoms with E-state index in [4.69, 9.17) is 10.00 Å². The molecular formula is C18H16BrF2N3O2.